The third kappa shape index (κ3) is 4.02. The predicted octanol–water partition coefficient (Wildman–Crippen LogP) is 3.29. The van der Waals surface area contributed by atoms with Gasteiger partial charge in [-0.1, -0.05) is 37.3 Å². The van der Waals surface area contributed by atoms with Crippen LogP contribution in [-0.2, 0) is 6.42 Å². The van der Waals surface area contributed by atoms with E-state index in [1.54, 1.807) is 23.5 Å². The third-order valence-corrected chi connectivity index (χ3v) is 4.13. The fourth-order valence-corrected chi connectivity index (χ4v) is 3.08. The summed E-state index contributed by atoms with van der Waals surface area (Å²) in [5, 5.41) is 23.6. The van der Waals surface area contributed by atoms with Gasteiger partial charge in [0.05, 0.1) is 6.04 Å². The first-order valence-corrected chi connectivity index (χ1v) is 7.88. The molecule has 1 aromatic heterocycles. The van der Waals surface area contributed by atoms with Crippen molar-refractivity contribution in [2.75, 3.05) is 6.54 Å². The van der Waals surface area contributed by atoms with Gasteiger partial charge in [0.1, 0.15) is 15.8 Å². The van der Waals surface area contributed by atoms with E-state index in [0.717, 1.165) is 41.4 Å². The molecule has 0 aliphatic carbocycles. The molecule has 0 fully saturated rings. The first-order chi connectivity index (χ1) is 9.72. The Hall–Kier alpha value is -1.46. The van der Waals surface area contributed by atoms with E-state index in [2.05, 4.69) is 29.4 Å². The van der Waals surface area contributed by atoms with E-state index >= 15 is 0 Å². The molecule has 20 heavy (non-hydrogen) atoms. The summed E-state index contributed by atoms with van der Waals surface area (Å²) < 4.78 is 0. The number of hydrogen-bond acceptors (Lipinski definition) is 5. The lowest BCUT2D eigenvalue weighted by Crippen LogP contribution is -2.21. The maximum atomic E-state index is 9.48. The van der Waals surface area contributed by atoms with Gasteiger partial charge in [-0.3, -0.25) is 0 Å². The number of nitrogens with one attached hydrogen (secondary N) is 1. The summed E-state index contributed by atoms with van der Waals surface area (Å²) in [6.07, 6.45) is 2.85. The van der Waals surface area contributed by atoms with Gasteiger partial charge in [-0.2, -0.15) is 0 Å². The highest BCUT2D eigenvalue weighted by atomic mass is 32.1. The van der Waals surface area contributed by atoms with Crippen molar-refractivity contribution in [2.24, 2.45) is 0 Å². The molecule has 0 spiro atoms. The predicted molar refractivity (Wildman–Crippen MR) is 82.1 cm³/mol. The van der Waals surface area contributed by atoms with E-state index in [9.17, 15) is 5.11 Å². The van der Waals surface area contributed by atoms with Crippen LogP contribution < -0.4 is 5.32 Å². The van der Waals surface area contributed by atoms with E-state index in [0.29, 0.717) is 11.8 Å². The van der Waals surface area contributed by atoms with Gasteiger partial charge in [-0.15, -0.1) is 10.2 Å². The van der Waals surface area contributed by atoms with E-state index in [-0.39, 0.29) is 0 Å². The molecule has 108 valence electrons. The van der Waals surface area contributed by atoms with Crippen molar-refractivity contribution in [3.63, 3.8) is 0 Å². The molecule has 0 aliphatic rings. The number of hydrogen-bond donors (Lipinski definition) is 2. The van der Waals surface area contributed by atoms with Crippen molar-refractivity contribution in [3.05, 3.63) is 39.8 Å². The monoisotopic (exact) mass is 291 g/mol. The van der Waals surface area contributed by atoms with E-state index < -0.39 is 0 Å². The molecule has 4 nitrogen and oxygen atoms in total. The van der Waals surface area contributed by atoms with Crippen molar-refractivity contribution in [1.82, 2.24) is 15.5 Å². The van der Waals surface area contributed by atoms with E-state index in [1.165, 1.54) is 0 Å². The SMILES string of the molecule is CCCNC(CC)c1nnc(Cc2cccc(O)c2)s1. The Morgan fingerprint density at radius 1 is 1.30 bits per heavy atom. The molecule has 1 unspecified atom stereocenters. The summed E-state index contributed by atoms with van der Waals surface area (Å²) in [5.41, 5.74) is 1.06. The molecule has 0 bridgehead atoms. The second-order valence-corrected chi connectivity index (χ2v) is 5.89. The largest absolute Gasteiger partial charge is 0.508 e. The van der Waals surface area contributed by atoms with Crippen molar-refractivity contribution in [2.45, 2.75) is 39.2 Å². The van der Waals surface area contributed by atoms with Gasteiger partial charge in [0.15, 0.2) is 0 Å². The molecule has 1 aromatic carbocycles. The summed E-state index contributed by atoms with van der Waals surface area (Å²) in [5.74, 6) is 0.295. The van der Waals surface area contributed by atoms with Crippen LogP contribution in [0.1, 0.15) is 48.3 Å². The Labute approximate surface area is 123 Å². The smallest absolute Gasteiger partial charge is 0.134 e. The van der Waals surface area contributed by atoms with E-state index in [4.69, 9.17) is 0 Å². The fraction of sp³-hybridized carbons (Fsp3) is 0.467. The highest BCUT2D eigenvalue weighted by molar-refractivity contribution is 7.11. The van der Waals surface area contributed by atoms with Crippen molar-refractivity contribution < 1.29 is 5.11 Å². The molecule has 2 N–H and O–H groups in total. The standard InChI is InChI=1S/C15H21N3OS/c1-3-8-16-13(4-2)15-18-17-14(20-15)10-11-6-5-7-12(19)9-11/h5-7,9,13,16,19H,3-4,8,10H2,1-2H3. The Kier molecular flexibility index (Phi) is 5.49. The van der Waals surface area contributed by atoms with Crippen LogP contribution >= 0.6 is 11.3 Å². The van der Waals surface area contributed by atoms with Gasteiger partial charge >= 0.3 is 0 Å². The zero-order valence-corrected chi connectivity index (χ0v) is 12.8. The minimum atomic E-state index is 0.295. The number of phenols is 1. The van der Waals surface area contributed by atoms with Crippen LogP contribution in [0.4, 0.5) is 0 Å². The number of phenolic OH excluding ortho intramolecular Hbond substituents is 1. The maximum absolute atomic E-state index is 9.48. The summed E-state index contributed by atoms with van der Waals surface area (Å²) in [4.78, 5) is 0. The van der Waals surface area contributed by atoms with Gasteiger partial charge < -0.3 is 10.4 Å². The van der Waals surface area contributed by atoms with Crippen molar-refractivity contribution in [3.8, 4) is 5.75 Å². The van der Waals surface area contributed by atoms with Crippen LogP contribution in [0.5, 0.6) is 5.75 Å². The average Bonchev–Trinajstić information content (AvgIpc) is 2.88. The molecule has 0 radical (unpaired) electrons. The molecule has 2 rings (SSSR count). The topological polar surface area (TPSA) is 58.0 Å². The van der Waals surface area contributed by atoms with Crippen molar-refractivity contribution in [1.29, 1.82) is 0 Å². The summed E-state index contributed by atoms with van der Waals surface area (Å²) >= 11 is 1.65. The van der Waals surface area contributed by atoms with Gasteiger partial charge in [-0.05, 0) is 37.1 Å². The minimum Gasteiger partial charge on any atom is -0.508 e. The van der Waals surface area contributed by atoms with E-state index in [1.807, 2.05) is 12.1 Å². The quantitative estimate of drug-likeness (QED) is 0.822. The highest BCUT2D eigenvalue weighted by Gasteiger charge is 2.14. The summed E-state index contributed by atoms with van der Waals surface area (Å²) in [6, 6.07) is 7.59. The number of aromatic nitrogens is 2. The molecule has 0 amide bonds. The first-order valence-electron chi connectivity index (χ1n) is 7.06. The van der Waals surface area contributed by atoms with Crippen molar-refractivity contribution >= 4 is 11.3 Å². The average molecular weight is 291 g/mol. The van der Waals surface area contributed by atoms with Crippen LogP contribution in [0.25, 0.3) is 0 Å². The third-order valence-electron chi connectivity index (χ3n) is 3.10. The first kappa shape index (κ1) is 14.9. The van der Waals surface area contributed by atoms with Crippen LogP contribution in [-0.4, -0.2) is 21.8 Å². The molecule has 0 aliphatic heterocycles. The molecular weight excluding hydrogens is 270 g/mol. The Morgan fingerprint density at radius 2 is 2.15 bits per heavy atom. The zero-order valence-electron chi connectivity index (χ0n) is 12.0. The van der Waals surface area contributed by atoms with Gasteiger partial charge in [-0.25, -0.2) is 0 Å². The molecule has 2 aromatic rings. The van der Waals surface area contributed by atoms with Gasteiger partial charge in [0.25, 0.3) is 0 Å². The number of nitrogens with zero attached hydrogens (tertiary/aromatic N) is 2. The van der Waals surface area contributed by atoms with Crippen LogP contribution in [0.15, 0.2) is 24.3 Å². The fourth-order valence-electron chi connectivity index (χ4n) is 2.04. The van der Waals surface area contributed by atoms with Gasteiger partial charge in [0.2, 0.25) is 0 Å². The van der Waals surface area contributed by atoms with Crippen LogP contribution in [0.3, 0.4) is 0 Å². The molecular formula is C15H21N3OS. The Morgan fingerprint density at radius 3 is 2.85 bits per heavy atom. The molecule has 1 heterocycles. The highest BCUT2D eigenvalue weighted by Crippen LogP contribution is 2.23. The lowest BCUT2D eigenvalue weighted by atomic mass is 10.1. The Balaban J connectivity index is 2.04. The lowest BCUT2D eigenvalue weighted by molar-refractivity contribution is 0.474. The maximum Gasteiger partial charge on any atom is 0.134 e. The number of aromatic hydroxyl groups is 1. The molecule has 5 heteroatoms. The molecule has 1 atom stereocenters. The zero-order chi connectivity index (χ0) is 14.4. The number of rotatable bonds is 7. The normalized spacial score (nSPS) is 12.5. The number of benzene rings is 1. The van der Waals surface area contributed by atoms with Gasteiger partial charge in [0, 0.05) is 6.42 Å². The lowest BCUT2D eigenvalue weighted by Gasteiger charge is -2.12. The second-order valence-electron chi connectivity index (χ2n) is 4.80. The summed E-state index contributed by atoms with van der Waals surface area (Å²) in [6.45, 7) is 5.32. The second kappa shape index (κ2) is 7.36. The Bertz CT molecular complexity index is 541. The summed E-state index contributed by atoms with van der Waals surface area (Å²) in [7, 11) is 0. The molecule has 0 saturated heterocycles. The van der Waals surface area contributed by atoms with Crippen LogP contribution in [0, 0.1) is 0 Å². The minimum absolute atomic E-state index is 0.295. The van der Waals surface area contributed by atoms with Crippen LogP contribution in [0.2, 0.25) is 0 Å². The molecule has 0 saturated carbocycles.